The minimum absolute atomic E-state index is 0.201. The molecule has 150 valence electrons. The van der Waals surface area contributed by atoms with E-state index in [-0.39, 0.29) is 11.4 Å². The van der Waals surface area contributed by atoms with Crippen LogP contribution in [0, 0.1) is 0 Å². The highest BCUT2D eigenvalue weighted by molar-refractivity contribution is 5.95. The summed E-state index contributed by atoms with van der Waals surface area (Å²) >= 11 is 0. The summed E-state index contributed by atoms with van der Waals surface area (Å²) in [5.74, 6) is -0.262. The zero-order chi connectivity index (χ0) is 20.3. The van der Waals surface area contributed by atoms with Gasteiger partial charge in [0.25, 0.3) is 0 Å². The van der Waals surface area contributed by atoms with Gasteiger partial charge < -0.3 is 15.3 Å². The van der Waals surface area contributed by atoms with Crippen molar-refractivity contribution in [3.63, 3.8) is 0 Å². The Hall–Kier alpha value is -2.74. The van der Waals surface area contributed by atoms with Gasteiger partial charge >= 0.3 is 6.18 Å². The molecule has 1 saturated heterocycles. The minimum Gasteiger partial charge on any atom is -0.508 e. The number of phenolic OH excluding ortho intramolecular Hbond substituents is 1. The first kappa shape index (κ1) is 20.0. The first-order valence-electron chi connectivity index (χ1n) is 9.01. The number of benzene rings is 2. The Morgan fingerprint density at radius 1 is 1.04 bits per heavy atom. The van der Waals surface area contributed by atoms with E-state index < -0.39 is 23.7 Å². The summed E-state index contributed by atoms with van der Waals surface area (Å²) in [6.45, 7) is 4.28. The van der Waals surface area contributed by atoms with Crippen LogP contribution in [-0.2, 0) is 11.0 Å². The topological polar surface area (TPSA) is 55.8 Å². The number of hydrogen-bond acceptors (Lipinski definition) is 4. The van der Waals surface area contributed by atoms with Gasteiger partial charge in [0.15, 0.2) is 0 Å². The van der Waals surface area contributed by atoms with Crippen LogP contribution in [0.2, 0.25) is 0 Å². The first-order valence-corrected chi connectivity index (χ1v) is 9.01. The second-order valence-corrected chi connectivity index (χ2v) is 6.75. The van der Waals surface area contributed by atoms with Gasteiger partial charge in [-0.05, 0) is 43.3 Å². The molecule has 0 unspecified atom stereocenters. The van der Waals surface area contributed by atoms with Crippen LogP contribution in [0.15, 0.2) is 48.5 Å². The molecule has 0 saturated carbocycles. The van der Waals surface area contributed by atoms with E-state index in [1.54, 1.807) is 19.1 Å². The molecule has 2 N–H and O–H groups in total. The van der Waals surface area contributed by atoms with Crippen LogP contribution in [0.25, 0.3) is 0 Å². The molecule has 3 rings (SSSR count). The van der Waals surface area contributed by atoms with E-state index in [4.69, 9.17) is 0 Å². The average molecular weight is 393 g/mol. The number of anilines is 2. The normalized spacial score (nSPS) is 16.6. The average Bonchev–Trinajstić information content (AvgIpc) is 2.68. The smallest absolute Gasteiger partial charge is 0.418 e. The zero-order valence-electron chi connectivity index (χ0n) is 15.4. The number of carbonyl (C=O) groups excluding carboxylic acids is 1. The van der Waals surface area contributed by atoms with Crippen LogP contribution < -0.4 is 10.2 Å². The summed E-state index contributed by atoms with van der Waals surface area (Å²) in [4.78, 5) is 16.6. The Labute approximate surface area is 161 Å². The predicted octanol–water partition coefficient (Wildman–Crippen LogP) is 3.56. The van der Waals surface area contributed by atoms with Crippen LogP contribution in [0.3, 0.4) is 0 Å². The lowest BCUT2D eigenvalue weighted by atomic mass is 10.1. The summed E-state index contributed by atoms with van der Waals surface area (Å²) in [5.41, 5.74) is -0.101. The third-order valence-corrected chi connectivity index (χ3v) is 4.95. The molecule has 2 aromatic carbocycles. The Kier molecular flexibility index (Phi) is 5.79. The molecule has 1 amide bonds. The number of hydrogen-bond donors (Lipinski definition) is 2. The summed E-state index contributed by atoms with van der Waals surface area (Å²) in [5, 5.41) is 11.8. The number of nitrogens with zero attached hydrogens (tertiary/aromatic N) is 2. The van der Waals surface area contributed by atoms with E-state index in [0.29, 0.717) is 26.2 Å². The van der Waals surface area contributed by atoms with Crippen LogP contribution in [0.5, 0.6) is 5.75 Å². The molecule has 5 nitrogen and oxygen atoms in total. The molecule has 0 aliphatic carbocycles. The van der Waals surface area contributed by atoms with Crippen molar-refractivity contribution in [2.75, 3.05) is 36.4 Å². The zero-order valence-corrected chi connectivity index (χ0v) is 15.4. The van der Waals surface area contributed by atoms with Crippen molar-refractivity contribution in [2.24, 2.45) is 0 Å². The lowest BCUT2D eigenvalue weighted by molar-refractivity contribution is -0.137. The molecule has 0 radical (unpaired) electrons. The van der Waals surface area contributed by atoms with Gasteiger partial charge in [-0.25, -0.2) is 0 Å². The maximum Gasteiger partial charge on any atom is 0.418 e. The van der Waals surface area contributed by atoms with E-state index in [9.17, 15) is 23.1 Å². The quantitative estimate of drug-likeness (QED) is 0.834. The third kappa shape index (κ3) is 4.56. The van der Waals surface area contributed by atoms with Crippen molar-refractivity contribution in [2.45, 2.75) is 19.1 Å². The standard InChI is InChI=1S/C20H22F3N3O2/c1-14(19(28)24-18-5-3-2-4-17(18)20(21,22)23)25-10-12-26(13-11-25)15-6-8-16(27)9-7-15/h2-9,14,27H,10-13H2,1H3,(H,24,28)/t14-/m1/s1. The highest BCUT2D eigenvalue weighted by Gasteiger charge is 2.34. The Morgan fingerprint density at radius 2 is 1.64 bits per heavy atom. The number of rotatable bonds is 4. The number of phenols is 1. The molecule has 1 fully saturated rings. The molecule has 0 bridgehead atoms. The first-order chi connectivity index (χ1) is 13.3. The summed E-state index contributed by atoms with van der Waals surface area (Å²) < 4.78 is 39.3. The van der Waals surface area contributed by atoms with Gasteiger partial charge in [0, 0.05) is 31.9 Å². The third-order valence-electron chi connectivity index (χ3n) is 4.95. The number of nitrogens with one attached hydrogen (secondary N) is 1. The number of carbonyl (C=O) groups is 1. The number of halogens is 3. The van der Waals surface area contributed by atoms with Crippen molar-refractivity contribution in [1.29, 1.82) is 0 Å². The van der Waals surface area contributed by atoms with Gasteiger partial charge in [0.05, 0.1) is 17.3 Å². The molecule has 0 aromatic heterocycles. The number of piperazine rings is 1. The van der Waals surface area contributed by atoms with E-state index in [1.165, 1.54) is 18.2 Å². The monoisotopic (exact) mass is 393 g/mol. The van der Waals surface area contributed by atoms with Gasteiger partial charge in [-0.15, -0.1) is 0 Å². The number of alkyl halides is 3. The highest BCUT2D eigenvalue weighted by Crippen LogP contribution is 2.34. The van der Waals surface area contributed by atoms with Gasteiger partial charge in [0.2, 0.25) is 5.91 Å². The highest BCUT2D eigenvalue weighted by atomic mass is 19.4. The lowest BCUT2D eigenvalue weighted by Gasteiger charge is -2.38. The maximum atomic E-state index is 13.1. The molecule has 1 atom stereocenters. The molecule has 2 aromatic rings. The van der Waals surface area contributed by atoms with Crippen molar-refractivity contribution in [1.82, 2.24) is 4.90 Å². The number of aromatic hydroxyl groups is 1. The number of para-hydroxylation sites is 1. The molecule has 0 spiro atoms. The second-order valence-electron chi connectivity index (χ2n) is 6.75. The number of amides is 1. The van der Waals surface area contributed by atoms with Gasteiger partial charge in [-0.2, -0.15) is 13.2 Å². The van der Waals surface area contributed by atoms with Crippen LogP contribution in [-0.4, -0.2) is 48.1 Å². The molecular weight excluding hydrogens is 371 g/mol. The Bertz CT molecular complexity index is 816. The largest absolute Gasteiger partial charge is 0.508 e. The van der Waals surface area contributed by atoms with Crippen LogP contribution >= 0.6 is 0 Å². The predicted molar refractivity (Wildman–Crippen MR) is 101 cm³/mol. The van der Waals surface area contributed by atoms with Crippen molar-refractivity contribution in [3.05, 3.63) is 54.1 Å². The van der Waals surface area contributed by atoms with Gasteiger partial charge in [-0.1, -0.05) is 12.1 Å². The van der Waals surface area contributed by atoms with E-state index in [0.717, 1.165) is 11.8 Å². The van der Waals surface area contributed by atoms with Gasteiger partial charge in [-0.3, -0.25) is 9.69 Å². The SMILES string of the molecule is C[C@H](C(=O)Nc1ccccc1C(F)(F)F)N1CCN(c2ccc(O)cc2)CC1. The fraction of sp³-hybridized carbons (Fsp3) is 0.350. The fourth-order valence-corrected chi connectivity index (χ4v) is 3.27. The maximum absolute atomic E-state index is 13.1. The Balaban J connectivity index is 1.60. The molecule has 8 heteroatoms. The molecule has 1 heterocycles. The molecular formula is C20H22F3N3O2. The van der Waals surface area contributed by atoms with Crippen LogP contribution in [0.1, 0.15) is 12.5 Å². The van der Waals surface area contributed by atoms with Crippen LogP contribution in [0.4, 0.5) is 24.5 Å². The molecule has 28 heavy (non-hydrogen) atoms. The van der Waals surface area contributed by atoms with Crippen molar-refractivity contribution < 1.29 is 23.1 Å². The van der Waals surface area contributed by atoms with E-state index >= 15 is 0 Å². The second kappa shape index (κ2) is 8.10. The van der Waals surface area contributed by atoms with Gasteiger partial charge in [0.1, 0.15) is 5.75 Å². The summed E-state index contributed by atoms with van der Waals surface area (Å²) in [6.07, 6.45) is -4.52. The van der Waals surface area contributed by atoms with E-state index in [1.807, 2.05) is 17.0 Å². The fourth-order valence-electron chi connectivity index (χ4n) is 3.27. The van der Waals surface area contributed by atoms with Crippen molar-refractivity contribution in [3.8, 4) is 5.75 Å². The van der Waals surface area contributed by atoms with E-state index in [2.05, 4.69) is 10.2 Å². The molecule has 1 aliphatic heterocycles. The minimum atomic E-state index is -4.52. The molecule has 1 aliphatic rings. The summed E-state index contributed by atoms with van der Waals surface area (Å²) in [7, 11) is 0. The lowest BCUT2D eigenvalue weighted by Crippen LogP contribution is -2.52. The summed E-state index contributed by atoms with van der Waals surface area (Å²) in [6, 6.07) is 11.3. The Morgan fingerprint density at radius 3 is 2.25 bits per heavy atom. The van der Waals surface area contributed by atoms with Crippen molar-refractivity contribution >= 4 is 17.3 Å².